The maximum absolute atomic E-state index is 13.2. The molecule has 154 valence electrons. The second kappa shape index (κ2) is 7.23. The molecule has 4 rings (SSSR count). The Balaban J connectivity index is 1.69. The molecule has 3 N–H and O–H groups in total. The Bertz CT molecular complexity index is 1010. The number of aromatic nitrogens is 5. The van der Waals surface area contributed by atoms with E-state index in [1.807, 2.05) is 0 Å². The molecule has 2 unspecified atom stereocenters. The highest BCUT2D eigenvalue weighted by atomic mass is 19.4. The molecular formula is C18H20F3N7O. The number of halogens is 3. The lowest BCUT2D eigenvalue weighted by atomic mass is 10.0. The van der Waals surface area contributed by atoms with Gasteiger partial charge in [-0.2, -0.15) is 13.2 Å². The first-order valence-electron chi connectivity index (χ1n) is 9.19. The van der Waals surface area contributed by atoms with Crippen LogP contribution < -0.4 is 10.6 Å². The van der Waals surface area contributed by atoms with E-state index in [0.29, 0.717) is 29.9 Å². The molecule has 1 aliphatic heterocycles. The van der Waals surface area contributed by atoms with Crippen molar-refractivity contribution in [2.75, 3.05) is 18.4 Å². The summed E-state index contributed by atoms with van der Waals surface area (Å²) >= 11 is 0. The summed E-state index contributed by atoms with van der Waals surface area (Å²) in [4.78, 5) is 16.6. The van der Waals surface area contributed by atoms with Gasteiger partial charge in [0.25, 0.3) is 0 Å². The maximum Gasteiger partial charge on any atom is 0.422 e. The lowest BCUT2D eigenvalue weighted by Gasteiger charge is -2.25. The molecule has 8 nitrogen and oxygen atoms in total. The fourth-order valence-electron chi connectivity index (χ4n) is 3.20. The van der Waals surface area contributed by atoms with Gasteiger partial charge >= 0.3 is 6.18 Å². The minimum Gasteiger partial charge on any atom is -0.375 e. The monoisotopic (exact) mass is 407 g/mol. The van der Waals surface area contributed by atoms with Crippen molar-refractivity contribution < 1.29 is 18.3 Å². The molecule has 3 aromatic rings. The molecule has 1 saturated heterocycles. The van der Waals surface area contributed by atoms with Crippen LogP contribution in [0.4, 0.5) is 19.1 Å². The number of rotatable bonds is 4. The molecule has 1 aliphatic rings. The molecular weight excluding hydrogens is 387 g/mol. The smallest absolute Gasteiger partial charge is 0.375 e. The average Bonchev–Trinajstić information content (AvgIpc) is 3.11. The van der Waals surface area contributed by atoms with Gasteiger partial charge in [0.05, 0.1) is 29.5 Å². The van der Waals surface area contributed by atoms with Crippen LogP contribution >= 0.6 is 0 Å². The molecule has 0 amide bonds. The number of alkyl halides is 3. The Morgan fingerprint density at radius 2 is 2.07 bits per heavy atom. The van der Waals surface area contributed by atoms with Gasteiger partial charge in [-0.1, -0.05) is 0 Å². The molecule has 3 aromatic heterocycles. The Labute approximate surface area is 164 Å². The van der Waals surface area contributed by atoms with Crippen LogP contribution in [-0.2, 0) is 5.60 Å². The summed E-state index contributed by atoms with van der Waals surface area (Å²) in [6, 6.07) is 1.86. The topological polar surface area (TPSA) is 100 Å². The first-order chi connectivity index (χ1) is 13.8. The largest absolute Gasteiger partial charge is 0.422 e. The lowest BCUT2D eigenvalue weighted by molar-refractivity contribution is -0.260. The third-order valence-electron chi connectivity index (χ3n) is 4.99. The van der Waals surface area contributed by atoms with Crippen LogP contribution in [0.5, 0.6) is 0 Å². The predicted molar refractivity (Wildman–Crippen MR) is 99.2 cm³/mol. The van der Waals surface area contributed by atoms with Gasteiger partial charge < -0.3 is 15.7 Å². The fraction of sp³-hybridized carbons (Fsp3) is 0.444. The molecule has 0 aliphatic carbocycles. The molecule has 0 spiro atoms. The third-order valence-corrected chi connectivity index (χ3v) is 4.99. The van der Waals surface area contributed by atoms with Gasteiger partial charge in [0.1, 0.15) is 0 Å². The third kappa shape index (κ3) is 3.75. The van der Waals surface area contributed by atoms with Crippen LogP contribution in [0, 0.1) is 0 Å². The van der Waals surface area contributed by atoms with E-state index in [-0.39, 0.29) is 6.04 Å². The zero-order valence-corrected chi connectivity index (χ0v) is 15.6. The van der Waals surface area contributed by atoms with Crippen molar-refractivity contribution in [3.8, 4) is 11.4 Å². The van der Waals surface area contributed by atoms with E-state index in [1.165, 1.54) is 16.8 Å². The molecule has 0 radical (unpaired) electrons. The highest BCUT2D eigenvalue weighted by Crippen LogP contribution is 2.37. The molecule has 4 heterocycles. The summed E-state index contributed by atoms with van der Waals surface area (Å²) in [5.74, 6) is 0.433. The lowest BCUT2D eigenvalue weighted by Crippen LogP contribution is -2.40. The van der Waals surface area contributed by atoms with Crippen molar-refractivity contribution in [2.45, 2.75) is 37.6 Å². The molecule has 0 aromatic carbocycles. The Morgan fingerprint density at radius 3 is 2.79 bits per heavy atom. The fourth-order valence-corrected chi connectivity index (χ4v) is 3.20. The summed E-state index contributed by atoms with van der Waals surface area (Å²) in [7, 11) is 0. The van der Waals surface area contributed by atoms with Gasteiger partial charge in [-0.25, -0.2) is 15.0 Å². The van der Waals surface area contributed by atoms with Crippen molar-refractivity contribution >= 4 is 11.6 Å². The number of nitrogens with zero attached hydrogens (tertiary/aromatic N) is 5. The van der Waals surface area contributed by atoms with Crippen LogP contribution in [0.25, 0.3) is 17.0 Å². The van der Waals surface area contributed by atoms with E-state index in [2.05, 4.69) is 30.6 Å². The van der Waals surface area contributed by atoms with E-state index in [1.54, 1.807) is 12.3 Å². The quantitative estimate of drug-likeness (QED) is 0.609. The van der Waals surface area contributed by atoms with Gasteiger partial charge in [-0.15, -0.1) is 0 Å². The van der Waals surface area contributed by atoms with Crippen molar-refractivity contribution in [3.63, 3.8) is 0 Å². The summed E-state index contributed by atoms with van der Waals surface area (Å²) in [6.45, 7) is 2.46. The minimum atomic E-state index is -4.87. The minimum absolute atomic E-state index is 0.207. The number of aliphatic hydroxyl groups is 1. The molecule has 11 heteroatoms. The Morgan fingerprint density at radius 1 is 1.24 bits per heavy atom. The number of fused-ring (bicyclic) bond motifs is 1. The van der Waals surface area contributed by atoms with Gasteiger partial charge in [0.15, 0.2) is 5.65 Å². The standard InChI is InChI=1S/C18H20F3N7O/c1-17(29,18(19,20)21)14-10-28-13(8-25-15(28)9-24-14)12-4-6-23-16(27-12)26-11-3-2-5-22-7-11/h4,6,8-11,22,29H,2-3,5,7H2,1H3,(H,23,26,27). The van der Waals surface area contributed by atoms with Gasteiger partial charge in [-0.05, 0) is 32.4 Å². The van der Waals surface area contributed by atoms with E-state index in [9.17, 15) is 18.3 Å². The highest BCUT2D eigenvalue weighted by Gasteiger charge is 2.52. The molecule has 1 fully saturated rings. The summed E-state index contributed by atoms with van der Waals surface area (Å²) in [5, 5.41) is 16.5. The second-order valence-corrected chi connectivity index (χ2v) is 7.17. The van der Waals surface area contributed by atoms with Crippen LogP contribution in [0.2, 0.25) is 0 Å². The zero-order chi connectivity index (χ0) is 20.6. The van der Waals surface area contributed by atoms with E-state index in [4.69, 9.17) is 0 Å². The predicted octanol–water partition coefficient (Wildman–Crippen LogP) is 2.12. The van der Waals surface area contributed by atoms with Gasteiger partial charge in [0, 0.05) is 25.0 Å². The van der Waals surface area contributed by atoms with Crippen LogP contribution in [0.15, 0.2) is 30.9 Å². The molecule has 2 atom stereocenters. The van der Waals surface area contributed by atoms with Crippen LogP contribution in [0.3, 0.4) is 0 Å². The second-order valence-electron chi connectivity index (χ2n) is 7.17. The number of nitrogens with one attached hydrogen (secondary N) is 2. The van der Waals surface area contributed by atoms with Gasteiger partial charge in [0.2, 0.25) is 11.5 Å². The first-order valence-corrected chi connectivity index (χ1v) is 9.19. The Hall–Kier alpha value is -2.79. The number of anilines is 1. The number of hydrogen-bond donors (Lipinski definition) is 3. The summed E-state index contributed by atoms with van der Waals surface area (Å²) in [6.07, 6.45) is 2.58. The zero-order valence-electron chi connectivity index (χ0n) is 15.6. The number of hydrogen-bond acceptors (Lipinski definition) is 7. The van der Waals surface area contributed by atoms with E-state index >= 15 is 0 Å². The first kappa shape index (κ1) is 19.5. The highest BCUT2D eigenvalue weighted by molar-refractivity contribution is 5.60. The van der Waals surface area contributed by atoms with Crippen molar-refractivity contribution in [2.24, 2.45) is 0 Å². The van der Waals surface area contributed by atoms with Crippen molar-refractivity contribution in [1.29, 1.82) is 0 Å². The Kier molecular flexibility index (Phi) is 4.87. The molecule has 0 bridgehead atoms. The normalized spacial score (nSPS) is 19.8. The summed E-state index contributed by atoms with van der Waals surface area (Å²) in [5.41, 5.74) is -2.32. The number of imidazole rings is 1. The SMILES string of the molecule is CC(O)(c1cn2c(-c3ccnc(NC4CCCNC4)n3)cnc2cn1)C(F)(F)F. The van der Waals surface area contributed by atoms with Crippen LogP contribution in [-0.4, -0.2) is 54.8 Å². The summed E-state index contributed by atoms with van der Waals surface area (Å²) < 4.78 is 41.0. The van der Waals surface area contributed by atoms with Crippen molar-refractivity contribution in [3.05, 3.63) is 36.5 Å². The van der Waals surface area contributed by atoms with Crippen LogP contribution in [0.1, 0.15) is 25.5 Å². The molecule has 29 heavy (non-hydrogen) atoms. The molecule has 0 saturated carbocycles. The average molecular weight is 407 g/mol. The number of piperidine rings is 1. The van der Waals surface area contributed by atoms with E-state index < -0.39 is 17.5 Å². The van der Waals surface area contributed by atoms with Crippen molar-refractivity contribution in [1.82, 2.24) is 29.7 Å². The van der Waals surface area contributed by atoms with E-state index in [0.717, 1.165) is 32.1 Å². The van der Waals surface area contributed by atoms with Gasteiger partial charge in [-0.3, -0.25) is 9.38 Å². The maximum atomic E-state index is 13.2.